The number of halogens is 1. The zero-order valence-corrected chi connectivity index (χ0v) is 11.7. The van der Waals surface area contributed by atoms with Gasteiger partial charge < -0.3 is 5.73 Å². The molecule has 1 aromatic heterocycles. The van der Waals surface area contributed by atoms with Crippen LogP contribution in [0.1, 0.15) is 29.9 Å². The summed E-state index contributed by atoms with van der Waals surface area (Å²) in [5, 5.41) is 0.803. The van der Waals surface area contributed by atoms with Crippen LogP contribution in [-0.2, 0) is 6.42 Å². The first-order chi connectivity index (χ1) is 9.29. The van der Waals surface area contributed by atoms with E-state index in [4.69, 9.17) is 17.3 Å². The molecule has 0 saturated heterocycles. The number of nitrogens with two attached hydrogens (primary N) is 1. The second-order valence-corrected chi connectivity index (χ2v) is 5.16. The van der Waals surface area contributed by atoms with Crippen LogP contribution >= 0.6 is 11.6 Å². The van der Waals surface area contributed by atoms with Gasteiger partial charge in [0.15, 0.2) is 0 Å². The van der Waals surface area contributed by atoms with Gasteiger partial charge in [-0.3, -0.25) is 4.98 Å². The van der Waals surface area contributed by atoms with E-state index in [0.717, 1.165) is 24.3 Å². The molecule has 0 fully saturated rings. The molecule has 2 N–H and O–H groups in total. The summed E-state index contributed by atoms with van der Waals surface area (Å²) in [6, 6.07) is 12.2. The highest BCUT2D eigenvalue weighted by Gasteiger charge is 2.10. The SMILES string of the molecule is NCCC(CCc1cccc(Cl)c1)c1ccncc1. The van der Waals surface area contributed by atoms with Crippen LogP contribution < -0.4 is 5.73 Å². The van der Waals surface area contributed by atoms with Crippen molar-refractivity contribution in [2.24, 2.45) is 5.73 Å². The topological polar surface area (TPSA) is 38.9 Å². The summed E-state index contributed by atoms with van der Waals surface area (Å²) in [5.41, 5.74) is 8.33. The van der Waals surface area contributed by atoms with E-state index in [-0.39, 0.29) is 0 Å². The Labute approximate surface area is 119 Å². The van der Waals surface area contributed by atoms with Crippen molar-refractivity contribution in [2.75, 3.05) is 6.54 Å². The lowest BCUT2D eigenvalue weighted by Gasteiger charge is -2.16. The average Bonchev–Trinajstić information content (AvgIpc) is 2.44. The smallest absolute Gasteiger partial charge is 0.0408 e. The minimum atomic E-state index is 0.493. The highest BCUT2D eigenvalue weighted by Crippen LogP contribution is 2.25. The number of pyridine rings is 1. The van der Waals surface area contributed by atoms with Crippen molar-refractivity contribution in [2.45, 2.75) is 25.2 Å². The van der Waals surface area contributed by atoms with Crippen molar-refractivity contribution in [3.63, 3.8) is 0 Å². The van der Waals surface area contributed by atoms with Gasteiger partial charge in [-0.1, -0.05) is 23.7 Å². The lowest BCUT2D eigenvalue weighted by molar-refractivity contribution is 0.583. The molecule has 0 bridgehead atoms. The first kappa shape index (κ1) is 14.0. The molecule has 1 aromatic carbocycles. The molecular weight excluding hydrogens is 256 g/mol. The molecule has 0 aliphatic heterocycles. The monoisotopic (exact) mass is 274 g/mol. The van der Waals surface area contributed by atoms with E-state index >= 15 is 0 Å². The average molecular weight is 275 g/mol. The Bertz CT molecular complexity index is 499. The van der Waals surface area contributed by atoms with Crippen LogP contribution in [0.5, 0.6) is 0 Å². The Morgan fingerprint density at radius 3 is 2.58 bits per heavy atom. The predicted molar refractivity (Wildman–Crippen MR) is 80.4 cm³/mol. The lowest BCUT2D eigenvalue weighted by Crippen LogP contribution is -2.08. The van der Waals surface area contributed by atoms with Gasteiger partial charge in [0.25, 0.3) is 0 Å². The first-order valence-corrected chi connectivity index (χ1v) is 7.02. The largest absolute Gasteiger partial charge is 0.330 e. The number of aromatic nitrogens is 1. The van der Waals surface area contributed by atoms with Gasteiger partial charge in [-0.05, 0) is 67.1 Å². The van der Waals surface area contributed by atoms with Gasteiger partial charge >= 0.3 is 0 Å². The minimum absolute atomic E-state index is 0.493. The first-order valence-electron chi connectivity index (χ1n) is 6.64. The second kappa shape index (κ2) is 7.27. The fraction of sp³-hybridized carbons (Fsp3) is 0.312. The molecule has 1 atom stereocenters. The number of hydrogen-bond acceptors (Lipinski definition) is 2. The molecule has 2 nitrogen and oxygen atoms in total. The number of benzene rings is 1. The highest BCUT2D eigenvalue weighted by atomic mass is 35.5. The van der Waals surface area contributed by atoms with Crippen molar-refractivity contribution in [1.82, 2.24) is 4.98 Å². The van der Waals surface area contributed by atoms with Crippen LogP contribution in [0, 0.1) is 0 Å². The summed E-state index contributed by atoms with van der Waals surface area (Å²) >= 11 is 6.01. The Kier molecular flexibility index (Phi) is 5.37. The van der Waals surface area contributed by atoms with Crippen molar-refractivity contribution in [3.8, 4) is 0 Å². The van der Waals surface area contributed by atoms with Crippen molar-refractivity contribution < 1.29 is 0 Å². The summed E-state index contributed by atoms with van der Waals surface area (Å²) in [4.78, 5) is 4.07. The maximum atomic E-state index is 6.01. The standard InChI is InChI=1S/C16H19ClN2/c17-16-3-1-2-13(12-16)4-5-14(6-9-18)15-7-10-19-11-8-15/h1-3,7-8,10-12,14H,4-6,9,18H2. The molecule has 0 spiro atoms. The van der Waals surface area contributed by atoms with Crippen molar-refractivity contribution in [1.29, 1.82) is 0 Å². The third-order valence-corrected chi connectivity index (χ3v) is 3.60. The van der Waals surface area contributed by atoms with Gasteiger partial charge in [0.1, 0.15) is 0 Å². The third kappa shape index (κ3) is 4.34. The Balaban J connectivity index is 2.01. The molecule has 0 saturated carbocycles. The number of aryl methyl sites for hydroxylation is 1. The molecule has 19 heavy (non-hydrogen) atoms. The second-order valence-electron chi connectivity index (χ2n) is 4.72. The number of nitrogens with zero attached hydrogens (tertiary/aromatic N) is 1. The van der Waals surface area contributed by atoms with Crippen LogP contribution in [0.4, 0.5) is 0 Å². The van der Waals surface area contributed by atoms with E-state index in [1.807, 2.05) is 30.6 Å². The predicted octanol–water partition coefficient (Wildman–Crippen LogP) is 3.80. The highest BCUT2D eigenvalue weighted by molar-refractivity contribution is 6.30. The third-order valence-electron chi connectivity index (χ3n) is 3.36. The molecule has 0 aliphatic rings. The Morgan fingerprint density at radius 1 is 1.11 bits per heavy atom. The van der Waals surface area contributed by atoms with E-state index in [9.17, 15) is 0 Å². The van der Waals surface area contributed by atoms with Gasteiger partial charge in [0.2, 0.25) is 0 Å². The molecule has 0 amide bonds. The van der Waals surface area contributed by atoms with E-state index in [1.165, 1.54) is 11.1 Å². The van der Waals surface area contributed by atoms with E-state index in [0.29, 0.717) is 12.5 Å². The minimum Gasteiger partial charge on any atom is -0.330 e. The van der Waals surface area contributed by atoms with Crippen LogP contribution in [0.2, 0.25) is 5.02 Å². The summed E-state index contributed by atoms with van der Waals surface area (Å²) in [6.45, 7) is 0.711. The van der Waals surface area contributed by atoms with Gasteiger partial charge in [-0.2, -0.15) is 0 Å². The molecule has 1 heterocycles. The summed E-state index contributed by atoms with van der Waals surface area (Å²) in [5.74, 6) is 0.493. The summed E-state index contributed by atoms with van der Waals surface area (Å²) in [6.07, 6.45) is 6.80. The molecule has 1 unspecified atom stereocenters. The maximum Gasteiger partial charge on any atom is 0.0408 e. The maximum absolute atomic E-state index is 6.01. The molecule has 0 aliphatic carbocycles. The van der Waals surface area contributed by atoms with Crippen molar-refractivity contribution in [3.05, 3.63) is 64.9 Å². The van der Waals surface area contributed by atoms with E-state index in [1.54, 1.807) is 0 Å². The normalized spacial score (nSPS) is 12.3. The van der Waals surface area contributed by atoms with Gasteiger partial charge in [0.05, 0.1) is 0 Å². The summed E-state index contributed by atoms with van der Waals surface area (Å²) in [7, 11) is 0. The van der Waals surface area contributed by atoms with Crippen LogP contribution in [0.25, 0.3) is 0 Å². The fourth-order valence-electron chi connectivity index (χ4n) is 2.35. The lowest BCUT2D eigenvalue weighted by atomic mass is 9.90. The Hall–Kier alpha value is -1.38. The van der Waals surface area contributed by atoms with Crippen LogP contribution in [-0.4, -0.2) is 11.5 Å². The van der Waals surface area contributed by atoms with E-state index < -0.39 is 0 Å². The molecular formula is C16H19ClN2. The number of rotatable bonds is 6. The quantitative estimate of drug-likeness (QED) is 0.870. The fourth-order valence-corrected chi connectivity index (χ4v) is 2.56. The summed E-state index contributed by atoms with van der Waals surface area (Å²) < 4.78 is 0. The van der Waals surface area contributed by atoms with Gasteiger partial charge in [-0.25, -0.2) is 0 Å². The van der Waals surface area contributed by atoms with E-state index in [2.05, 4.69) is 23.2 Å². The Morgan fingerprint density at radius 2 is 1.89 bits per heavy atom. The van der Waals surface area contributed by atoms with Crippen LogP contribution in [0.3, 0.4) is 0 Å². The molecule has 2 aromatic rings. The number of hydrogen-bond donors (Lipinski definition) is 1. The molecule has 0 radical (unpaired) electrons. The van der Waals surface area contributed by atoms with Gasteiger partial charge in [0, 0.05) is 17.4 Å². The van der Waals surface area contributed by atoms with Crippen LogP contribution in [0.15, 0.2) is 48.8 Å². The molecule has 100 valence electrons. The van der Waals surface area contributed by atoms with Crippen molar-refractivity contribution >= 4 is 11.6 Å². The zero-order valence-electron chi connectivity index (χ0n) is 10.9. The molecule has 3 heteroatoms. The zero-order chi connectivity index (χ0) is 13.5. The molecule has 2 rings (SSSR count). The van der Waals surface area contributed by atoms with Gasteiger partial charge in [-0.15, -0.1) is 0 Å².